The predicted molar refractivity (Wildman–Crippen MR) is 152 cm³/mol. The Bertz CT molecular complexity index is 1390. The maximum atomic E-state index is 14.2. The van der Waals surface area contributed by atoms with Crippen molar-refractivity contribution in [3.8, 4) is 0 Å². The topological polar surface area (TPSA) is 90.0 Å². The number of nitrogens with one attached hydrogen (secondary N) is 1. The molecule has 0 atom stereocenters. The van der Waals surface area contributed by atoms with E-state index in [9.17, 15) is 31.2 Å². The van der Waals surface area contributed by atoms with Gasteiger partial charge in [-0.3, -0.25) is 4.79 Å². The molecule has 2 aromatic carbocycles. The highest BCUT2D eigenvalue weighted by Gasteiger charge is 2.37. The summed E-state index contributed by atoms with van der Waals surface area (Å²) in [6.45, 7) is 2.87. The van der Waals surface area contributed by atoms with Gasteiger partial charge in [-0.15, -0.1) is 0 Å². The molecule has 3 rings (SSSR count). The van der Waals surface area contributed by atoms with Crippen LogP contribution in [0, 0.1) is 0 Å². The number of carbonyl (C=O) groups is 2. The summed E-state index contributed by atoms with van der Waals surface area (Å²) >= 11 is 12.3. The fourth-order valence-electron chi connectivity index (χ4n) is 4.57. The molecule has 1 aliphatic rings. The first-order chi connectivity index (χ1) is 19.1. The van der Waals surface area contributed by atoms with E-state index in [0.717, 1.165) is 19.0 Å². The molecule has 0 radical (unpaired) electrons. The van der Waals surface area contributed by atoms with Crippen LogP contribution in [0.25, 0.3) is 0 Å². The van der Waals surface area contributed by atoms with Gasteiger partial charge in [0, 0.05) is 53.9 Å². The van der Waals surface area contributed by atoms with E-state index < -0.39 is 27.5 Å². The molecule has 1 aliphatic heterocycles. The predicted octanol–water partition coefficient (Wildman–Crippen LogP) is 5.32. The van der Waals surface area contributed by atoms with Crippen LogP contribution in [0.2, 0.25) is 10.0 Å². The molecule has 8 nitrogen and oxygen atoms in total. The SMILES string of the molecule is CCS(=O)(=O)c1ccc(Cl)cc1CNC(=O)c1cc(Cl)c(CN2CCCN(CCCN(C)C)C2=O)c(C(F)(F)F)c1. The standard InChI is InChI=1S/C27H33Cl2F3N4O4S/c1-4-41(39,40)24-8-7-20(28)13-19(24)16-33-25(37)18-14-22(27(30,31)32)21(23(29)15-18)17-36-12-6-11-35(26(36)38)10-5-9-34(2)3/h7-8,13-15H,4-6,9-12,16-17H2,1-3H3,(H,33,37). The number of amides is 3. The van der Waals surface area contributed by atoms with Gasteiger partial charge in [0.1, 0.15) is 0 Å². The maximum absolute atomic E-state index is 14.2. The molecular weight excluding hydrogens is 604 g/mol. The Labute approximate surface area is 248 Å². The van der Waals surface area contributed by atoms with Gasteiger partial charge in [-0.25, -0.2) is 13.2 Å². The van der Waals surface area contributed by atoms with E-state index in [-0.39, 0.29) is 63.0 Å². The lowest BCUT2D eigenvalue weighted by molar-refractivity contribution is -0.138. The van der Waals surface area contributed by atoms with Gasteiger partial charge in [-0.05, 0) is 69.4 Å². The van der Waals surface area contributed by atoms with E-state index in [1.165, 1.54) is 30.0 Å². The summed E-state index contributed by atoms with van der Waals surface area (Å²) in [6.07, 6.45) is -3.52. The molecule has 0 aromatic heterocycles. The minimum absolute atomic E-state index is 0.0315. The number of hydrogen-bond donors (Lipinski definition) is 1. The molecule has 1 N–H and O–H groups in total. The normalized spacial score (nSPS) is 14.6. The van der Waals surface area contributed by atoms with Crippen molar-refractivity contribution in [2.45, 2.75) is 43.9 Å². The Balaban J connectivity index is 1.83. The fraction of sp³-hybridized carbons (Fsp3) is 0.481. The molecule has 14 heteroatoms. The lowest BCUT2D eigenvalue weighted by Crippen LogP contribution is -2.49. The van der Waals surface area contributed by atoms with Gasteiger partial charge >= 0.3 is 12.2 Å². The maximum Gasteiger partial charge on any atom is 0.416 e. The lowest BCUT2D eigenvalue weighted by atomic mass is 10.0. The number of benzene rings is 2. The van der Waals surface area contributed by atoms with E-state index in [2.05, 4.69) is 5.32 Å². The zero-order chi connectivity index (χ0) is 30.5. The average Bonchev–Trinajstić information content (AvgIpc) is 2.89. The first-order valence-corrected chi connectivity index (χ1v) is 15.4. The van der Waals surface area contributed by atoms with Crippen LogP contribution < -0.4 is 5.32 Å². The third kappa shape index (κ3) is 8.50. The van der Waals surface area contributed by atoms with E-state index in [4.69, 9.17) is 23.2 Å². The molecule has 0 spiro atoms. The average molecular weight is 638 g/mol. The van der Waals surface area contributed by atoms with Crippen molar-refractivity contribution >= 4 is 45.0 Å². The van der Waals surface area contributed by atoms with Gasteiger partial charge in [0.2, 0.25) is 0 Å². The number of carbonyl (C=O) groups excluding carboxylic acids is 2. The van der Waals surface area contributed by atoms with E-state index in [1.54, 1.807) is 4.90 Å². The highest BCUT2D eigenvalue weighted by atomic mass is 35.5. The summed E-state index contributed by atoms with van der Waals surface area (Å²) in [5.41, 5.74) is -1.58. The monoisotopic (exact) mass is 636 g/mol. The summed E-state index contributed by atoms with van der Waals surface area (Å²) < 4.78 is 67.4. The first kappa shape index (κ1) is 33.0. The van der Waals surface area contributed by atoms with Gasteiger partial charge in [0.15, 0.2) is 9.84 Å². The van der Waals surface area contributed by atoms with Crippen LogP contribution in [-0.4, -0.2) is 81.1 Å². The Morgan fingerprint density at radius 1 is 1.10 bits per heavy atom. The number of halogens is 5. The first-order valence-electron chi connectivity index (χ1n) is 13.0. The summed E-state index contributed by atoms with van der Waals surface area (Å²) in [5, 5.41) is 2.39. The third-order valence-corrected chi connectivity index (χ3v) is 9.12. The summed E-state index contributed by atoms with van der Waals surface area (Å²) in [7, 11) is 0.188. The second kappa shape index (κ2) is 13.6. The fourth-order valence-corrected chi connectivity index (χ4v) is 6.16. The summed E-state index contributed by atoms with van der Waals surface area (Å²) in [6, 6.07) is 5.55. The van der Waals surface area contributed by atoms with Crippen LogP contribution in [0.5, 0.6) is 0 Å². The van der Waals surface area contributed by atoms with Crippen molar-refractivity contribution in [3.05, 3.63) is 62.6 Å². The van der Waals surface area contributed by atoms with Crippen molar-refractivity contribution in [1.29, 1.82) is 0 Å². The smallest absolute Gasteiger partial charge is 0.348 e. The quantitative estimate of drug-likeness (QED) is 0.361. The van der Waals surface area contributed by atoms with Gasteiger partial charge in [-0.1, -0.05) is 30.1 Å². The van der Waals surface area contributed by atoms with Crippen molar-refractivity contribution in [1.82, 2.24) is 20.0 Å². The van der Waals surface area contributed by atoms with Crippen molar-refractivity contribution < 1.29 is 31.2 Å². The minimum atomic E-state index is -4.85. The highest BCUT2D eigenvalue weighted by Crippen LogP contribution is 2.37. The largest absolute Gasteiger partial charge is 0.416 e. The zero-order valence-corrected chi connectivity index (χ0v) is 25.4. The Hall–Kier alpha value is -2.54. The number of sulfone groups is 1. The van der Waals surface area contributed by atoms with E-state index in [1.807, 2.05) is 19.0 Å². The van der Waals surface area contributed by atoms with Gasteiger partial charge in [0.25, 0.3) is 5.91 Å². The van der Waals surface area contributed by atoms with Crippen molar-refractivity contribution in [3.63, 3.8) is 0 Å². The van der Waals surface area contributed by atoms with Crippen LogP contribution >= 0.6 is 23.2 Å². The number of urea groups is 1. The second-order valence-electron chi connectivity index (χ2n) is 10.0. The van der Waals surface area contributed by atoms with E-state index >= 15 is 0 Å². The molecule has 0 bridgehead atoms. The minimum Gasteiger partial charge on any atom is -0.348 e. The number of rotatable bonds is 11. The molecule has 1 saturated heterocycles. The lowest BCUT2D eigenvalue weighted by Gasteiger charge is -2.36. The number of hydrogen-bond acceptors (Lipinski definition) is 5. The molecular formula is C27H33Cl2F3N4O4S. The molecule has 3 amide bonds. The third-order valence-electron chi connectivity index (χ3n) is 6.72. The molecule has 0 saturated carbocycles. The molecule has 2 aromatic rings. The van der Waals surface area contributed by atoms with Gasteiger partial charge in [-0.2, -0.15) is 13.2 Å². The Morgan fingerprint density at radius 2 is 1.78 bits per heavy atom. The Morgan fingerprint density at radius 3 is 2.41 bits per heavy atom. The molecule has 1 fully saturated rings. The summed E-state index contributed by atoms with van der Waals surface area (Å²) in [5.74, 6) is -1.07. The van der Waals surface area contributed by atoms with Crippen LogP contribution in [0.4, 0.5) is 18.0 Å². The van der Waals surface area contributed by atoms with Crippen molar-refractivity contribution in [2.75, 3.05) is 46.0 Å². The van der Waals surface area contributed by atoms with Crippen LogP contribution in [0.15, 0.2) is 35.2 Å². The molecule has 1 heterocycles. The molecule has 226 valence electrons. The molecule has 0 unspecified atom stereocenters. The highest BCUT2D eigenvalue weighted by molar-refractivity contribution is 7.91. The van der Waals surface area contributed by atoms with Crippen LogP contribution in [0.1, 0.15) is 46.8 Å². The van der Waals surface area contributed by atoms with Gasteiger partial charge in [0.05, 0.1) is 16.2 Å². The van der Waals surface area contributed by atoms with E-state index in [0.29, 0.717) is 25.6 Å². The zero-order valence-electron chi connectivity index (χ0n) is 23.0. The van der Waals surface area contributed by atoms with Gasteiger partial charge < -0.3 is 20.0 Å². The number of alkyl halides is 3. The van der Waals surface area contributed by atoms with Crippen LogP contribution in [-0.2, 0) is 29.1 Å². The summed E-state index contributed by atoms with van der Waals surface area (Å²) in [4.78, 5) is 30.8. The molecule has 0 aliphatic carbocycles. The number of nitrogens with zero attached hydrogens (tertiary/aromatic N) is 3. The Kier molecular flexibility index (Phi) is 11.0. The van der Waals surface area contributed by atoms with Crippen molar-refractivity contribution in [2.24, 2.45) is 0 Å². The van der Waals surface area contributed by atoms with Crippen LogP contribution in [0.3, 0.4) is 0 Å². The molecule has 41 heavy (non-hydrogen) atoms. The second-order valence-corrected chi connectivity index (χ2v) is 13.1.